The molecule has 0 saturated carbocycles. The molecule has 1 aromatic carbocycles. The van der Waals surface area contributed by atoms with E-state index in [0.717, 1.165) is 16.9 Å². The Morgan fingerprint density at radius 1 is 1.29 bits per heavy atom. The van der Waals surface area contributed by atoms with Gasteiger partial charge < -0.3 is 5.32 Å². The third-order valence-electron chi connectivity index (χ3n) is 3.70. The first-order chi connectivity index (χ1) is 11.2. The third kappa shape index (κ3) is 3.58. The van der Waals surface area contributed by atoms with Crippen molar-refractivity contribution in [2.24, 2.45) is 0 Å². The smallest absolute Gasteiger partial charge is 0.233 e. The zero-order chi connectivity index (χ0) is 17.5. The first-order valence-electron chi connectivity index (χ1n) is 7.12. The van der Waals surface area contributed by atoms with Crippen LogP contribution in [0.5, 0.6) is 0 Å². The zero-order valence-electron chi connectivity index (χ0n) is 12.7. The first-order valence-corrected chi connectivity index (χ1v) is 11.6. The van der Waals surface area contributed by atoms with Crippen molar-refractivity contribution in [3.8, 4) is 0 Å². The number of benzene rings is 1. The summed E-state index contributed by atoms with van der Waals surface area (Å²) in [6.07, 6.45) is 0.455. The summed E-state index contributed by atoms with van der Waals surface area (Å²) < 4.78 is 48.3. The first kappa shape index (κ1) is 17.7. The van der Waals surface area contributed by atoms with E-state index in [-0.39, 0.29) is 36.9 Å². The van der Waals surface area contributed by atoms with Crippen LogP contribution in [0.2, 0.25) is 4.34 Å². The number of halogens is 1. The van der Waals surface area contributed by atoms with E-state index in [2.05, 4.69) is 10.3 Å². The molecule has 1 aliphatic rings. The van der Waals surface area contributed by atoms with E-state index >= 15 is 0 Å². The van der Waals surface area contributed by atoms with Crippen LogP contribution in [0.3, 0.4) is 0 Å². The van der Waals surface area contributed by atoms with Gasteiger partial charge in [0.2, 0.25) is 14.2 Å². The van der Waals surface area contributed by atoms with Crippen LogP contribution >= 0.6 is 22.9 Å². The summed E-state index contributed by atoms with van der Waals surface area (Å²) in [6.45, 7) is 1.87. The van der Waals surface area contributed by atoms with E-state index in [1.807, 2.05) is 6.92 Å². The maximum atomic E-state index is 12.6. The van der Waals surface area contributed by atoms with Gasteiger partial charge >= 0.3 is 0 Å². The van der Waals surface area contributed by atoms with Gasteiger partial charge in [0.05, 0.1) is 16.4 Å². The van der Waals surface area contributed by atoms with Crippen LogP contribution < -0.4 is 5.32 Å². The molecular weight excluding hydrogens is 392 g/mol. The highest BCUT2D eigenvalue weighted by Crippen LogP contribution is 2.35. The van der Waals surface area contributed by atoms with Crippen molar-refractivity contribution in [1.29, 1.82) is 0 Å². The maximum absolute atomic E-state index is 12.6. The highest BCUT2D eigenvalue weighted by atomic mass is 35.5. The minimum absolute atomic E-state index is 0.000894. The van der Waals surface area contributed by atoms with Crippen molar-refractivity contribution in [1.82, 2.24) is 4.98 Å². The molecule has 0 radical (unpaired) electrons. The van der Waals surface area contributed by atoms with Gasteiger partial charge in [0.15, 0.2) is 15.7 Å². The molecule has 0 aliphatic carbocycles. The Hall–Kier alpha value is -1.16. The van der Waals surface area contributed by atoms with Gasteiger partial charge in [-0.1, -0.05) is 40.6 Å². The van der Waals surface area contributed by atoms with Crippen molar-refractivity contribution in [2.45, 2.75) is 28.6 Å². The standard InChI is InChI=1S/C14H15ClN2O4S3/c1-9-2-4-11(5-3-9)24(20,21)14-17-13(12(15)22-14)16-10-6-7-23(18,19)8-10/h2-5,10,16H,6-8H2,1H3/t10-/m0/s1. The monoisotopic (exact) mass is 406 g/mol. The molecule has 1 aliphatic heterocycles. The van der Waals surface area contributed by atoms with E-state index in [9.17, 15) is 16.8 Å². The van der Waals surface area contributed by atoms with Crippen molar-refractivity contribution in [3.63, 3.8) is 0 Å². The van der Waals surface area contributed by atoms with Gasteiger partial charge in [-0.3, -0.25) is 0 Å². The number of aryl methyl sites for hydroxylation is 1. The number of nitrogens with zero attached hydrogens (tertiary/aromatic N) is 1. The predicted octanol–water partition coefficient (Wildman–Crippen LogP) is 2.54. The largest absolute Gasteiger partial charge is 0.364 e. The second-order valence-electron chi connectivity index (χ2n) is 5.66. The third-order valence-corrected chi connectivity index (χ3v) is 8.87. The number of thiazole rings is 1. The number of aromatic nitrogens is 1. The molecule has 1 fully saturated rings. The van der Waals surface area contributed by atoms with E-state index < -0.39 is 19.7 Å². The highest BCUT2D eigenvalue weighted by molar-refractivity contribution is 7.93. The van der Waals surface area contributed by atoms with E-state index in [0.29, 0.717) is 6.42 Å². The lowest BCUT2D eigenvalue weighted by molar-refractivity contribution is 0.594. The molecule has 1 saturated heterocycles. The molecule has 2 heterocycles. The molecule has 2 aromatic rings. The average molecular weight is 407 g/mol. The summed E-state index contributed by atoms with van der Waals surface area (Å²) in [6, 6.07) is 6.17. The fraction of sp³-hybridized carbons (Fsp3) is 0.357. The molecule has 24 heavy (non-hydrogen) atoms. The molecule has 10 heteroatoms. The van der Waals surface area contributed by atoms with Crippen LogP contribution in [-0.2, 0) is 19.7 Å². The predicted molar refractivity (Wildman–Crippen MR) is 94.4 cm³/mol. The molecule has 0 spiro atoms. The Morgan fingerprint density at radius 3 is 2.54 bits per heavy atom. The molecule has 6 nitrogen and oxygen atoms in total. The Bertz CT molecular complexity index is 966. The second kappa shape index (κ2) is 6.29. The number of rotatable bonds is 4. The van der Waals surface area contributed by atoms with E-state index in [1.54, 1.807) is 12.1 Å². The van der Waals surface area contributed by atoms with Crippen LogP contribution in [0.25, 0.3) is 0 Å². The lowest BCUT2D eigenvalue weighted by Crippen LogP contribution is -2.21. The normalized spacial score (nSPS) is 20.2. The molecule has 0 bridgehead atoms. The van der Waals surface area contributed by atoms with Crippen LogP contribution in [0.1, 0.15) is 12.0 Å². The summed E-state index contributed by atoms with van der Waals surface area (Å²) >= 11 is 6.95. The van der Waals surface area contributed by atoms with Gasteiger partial charge in [-0.15, -0.1) is 0 Å². The van der Waals surface area contributed by atoms with Crippen LogP contribution in [0.4, 0.5) is 5.82 Å². The quantitative estimate of drug-likeness (QED) is 0.838. The number of nitrogens with one attached hydrogen (secondary N) is 1. The molecule has 3 rings (SSSR count). The lowest BCUT2D eigenvalue weighted by atomic mass is 10.2. The molecule has 1 N–H and O–H groups in total. The fourth-order valence-electron chi connectivity index (χ4n) is 2.41. The Kier molecular flexibility index (Phi) is 4.63. The Balaban J connectivity index is 1.87. The molecule has 1 aromatic heterocycles. The summed E-state index contributed by atoms with van der Waals surface area (Å²) in [7, 11) is -6.79. The molecule has 130 valence electrons. The Morgan fingerprint density at radius 2 is 1.96 bits per heavy atom. The minimum atomic E-state index is -3.75. The van der Waals surface area contributed by atoms with E-state index in [1.165, 1.54) is 12.1 Å². The molecule has 0 unspecified atom stereocenters. The van der Waals surface area contributed by atoms with Gasteiger partial charge in [-0.25, -0.2) is 21.8 Å². The molecule has 0 amide bonds. The van der Waals surface area contributed by atoms with Crippen LogP contribution in [-0.4, -0.2) is 39.4 Å². The topological polar surface area (TPSA) is 93.2 Å². The molecular formula is C14H15ClN2O4S3. The summed E-state index contributed by atoms with van der Waals surface area (Å²) in [5.74, 6) is 0.330. The van der Waals surface area contributed by atoms with Gasteiger partial charge in [-0.2, -0.15) is 0 Å². The second-order valence-corrected chi connectivity index (χ2v) is 11.6. The van der Waals surface area contributed by atoms with Gasteiger partial charge in [-0.05, 0) is 25.5 Å². The van der Waals surface area contributed by atoms with Crippen LogP contribution in [0.15, 0.2) is 33.5 Å². The number of hydrogen-bond acceptors (Lipinski definition) is 7. The highest BCUT2D eigenvalue weighted by Gasteiger charge is 2.30. The number of anilines is 1. The van der Waals surface area contributed by atoms with Crippen molar-refractivity contribution >= 4 is 48.4 Å². The SMILES string of the molecule is Cc1ccc(S(=O)(=O)c2nc(N[C@H]3CCS(=O)(=O)C3)c(Cl)s2)cc1. The van der Waals surface area contributed by atoms with Crippen molar-refractivity contribution in [3.05, 3.63) is 34.2 Å². The summed E-state index contributed by atoms with van der Waals surface area (Å²) in [4.78, 5) is 4.23. The van der Waals surface area contributed by atoms with Crippen molar-refractivity contribution < 1.29 is 16.8 Å². The van der Waals surface area contributed by atoms with Gasteiger partial charge in [0, 0.05) is 6.04 Å². The average Bonchev–Trinajstić information content (AvgIpc) is 3.03. The summed E-state index contributed by atoms with van der Waals surface area (Å²) in [5.41, 5.74) is 0.955. The van der Waals surface area contributed by atoms with Gasteiger partial charge in [0.25, 0.3) is 0 Å². The fourth-order valence-corrected chi connectivity index (χ4v) is 6.91. The number of hydrogen-bond donors (Lipinski definition) is 1. The Labute approximate surface area is 149 Å². The molecule has 1 atom stereocenters. The van der Waals surface area contributed by atoms with E-state index in [4.69, 9.17) is 11.6 Å². The van der Waals surface area contributed by atoms with Crippen molar-refractivity contribution in [2.75, 3.05) is 16.8 Å². The zero-order valence-corrected chi connectivity index (χ0v) is 15.9. The number of sulfone groups is 2. The van der Waals surface area contributed by atoms with Gasteiger partial charge in [0.1, 0.15) is 4.34 Å². The maximum Gasteiger partial charge on any atom is 0.233 e. The lowest BCUT2D eigenvalue weighted by Gasteiger charge is -2.09. The minimum Gasteiger partial charge on any atom is -0.364 e. The van der Waals surface area contributed by atoms with Crippen LogP contribution in [0, 0.1) is 6.92 Å². The summed E-state index contributed by atoms with van der Waals surface area (Å²) in [5, 5.41) is 2.94.